The van der Waals surface area contributed by atoms with Crippen molar-refractivity contribution in [2.24, 2.45) is 7.05 Å². The minimum absolute atomic E-state index is 0.0706. The maximum Gasteiger partial charge on any atom is 0.270 e. The van der Waals surface area contributed by atoms with E-state index in [0.717, 1.165) is 11.1 Å². The molecule has 62 valence electrons. The van der Waals surface area contributed by atoms with E-state index < -0.39 is 0 Å². The zero-order valence-corrected chi connectivity index (χ0v) is 7.11. The first kappa shape index (κ1) is 7.16. The summed E-state index contributed by atoms with van der Waals surface area (Å²) in [4.78, 5) is 11.4. The second-order valence-electron chi connectivity index (χ2n) is 2.88. The van der Waals surface area contributed by atoms with Gasteiger partial charge in [-0.3, -0.25) is 9.31 Å². The molecule has 0 aliphatic carbocycles. The van der Waals surface area contributed by atoms with Gasteiger partial charge in [-0.05, 0) is 19.1 Å². The number of hydrogen-bond donors (Lipinski definition) is 0. The smallest absolute Gasteiger partial charge is 0.267 e. The van der Waals surface area contributed by atoms with Crippen LogP contribution in [0.5, 0.6) is 0 Å². The first-order valence-corrected chi connectivity index (χ1v) is 3.85. The Morgan fingerprint density at radius 2 is 2.08 bits per heavy atom. The Hall–Kier alpha value is -1.51. The van der Waals surface area contributed by atoms with Gasteiger partial charge in [0.05, 0.1) is 5.52 Å². The highest BCUT2D eigenvalue weighted by Crippen LogP contribution is 2.04. The highest BCUT2D eigenvalue weighted by molar-refractivity contribution is 5.52. The van der Waals surface area contributed by atoms with Crippen molar-refractivity contribution in [1.29, 1.82) is 0 Å². The molecule has 0 saturated heterocycles. The Balaban J connectivity index is 3.09. The van der Waals surface area contributed by atoms with Crippen molar-refractivity contribution in [1.82, 2.24) is 9.20 Å². The molecule has 0 N–H and O–H groups in total. The van der Waals surface area contributed by atoms with E-state index in [1.54, 1.807) is 11.7 Å². The summed E-state index contributed by atoms with van der Waals surface area (Å²) in [5.41, 5.74) is 1.85. The molecule has 0 fully saturated rings. The molecule has 0 spiro atoms. The van der Waals surface area contributed by atoms with E-state index in [1.807, 2.05) is 35.8 Å². The molecule has 3 heteroatoms. The Morgan fingerprint density at radius 3 is 2.75 bits per heavy atom. The fourth-order valence-corrected chi connectivity index (χ4v) is 1.44. The van der Waals surface area contributed by atoms with E-state index >= 15 is 0 Å². The fraction of sp³-hybridized carbons (Fsp3) is 0.222. The second-order valence-corrected chi connectivity index (χ2v) is 2.88. The van der Waals surface area contributed by atoms with E-state index in [1.165, 1.54) is 0 Å². The summed E-state index contributed by atoms with van der Waals surface area (Å²) in [5, 5.41) is 0. The van der Waals surface area contributed by atoms with E-state index in [4.69, 9.17) is 0 Å². The van der Waals surface area contributed by atoms with Gasteiger partial charge < -0.3 is 0 Å². The quantitative estimate of drug-likeness (QED) is 0.566. The maximum absolute atomic E-state index is 11.4. The SMILES string of the molecule is Cc1c(=O)n(C)n2ccccc12. The number of hydrogen-bond acceptors (Lipinski definition) is 1. The normalized spacial score (nSPS) is 10.8. The summed E-state index contributed by atoms with van der Waals surface area (Å²) in [7, 11) is 1.77. The van der Waals surface area contributed by atoms with Crippen LogP contribution < -0.4 is 5.56 Å². The molecular weight excluding hydrogens is 152 g/mol. The van der Waals surface area contributed by atoms with Crippen molar-refractivity contribution < 1.29 is 0 Å². The molecule has 3 nitrogen and oxygen atoms in total. The standard InChI is InChI=1S/C9H10N2O/c1-7-8-5-3-4-6-11(8)10(2)9(7)12/h3-6H,1-2H3. The molecule has 0 aromatic carbocycles. The third kappa shape index (κ3) is 0.733. The van der Waals surface area contributed by atoms with Crippen LogP contribution >= 0.6 is 0 Å². The number of aryl methyl sites for hydroxylation is 2. The van der Waals surface area contributed by atoms with Gasteiger partial charge in [0.1, 0.15) is 0 Å². The summed E-state index contributed by atoms with van der Waals surface area (Å²) in [6, 6.07) is 5.78. The average molecular weight is 162 g/mol. The molecule has 0 aliphatic rings. The summed E-state index contributed by atoms with van der Waals surface area (Å²) in [6.07, 6.45) is 1.88. The second kappa shape index (κ2) is 2.24. The van der Waals surface area contributed by atoms with Crippen LogP contribution in [0.3, 0.4) is 0 Å². The van der Waals surface area contributed by atoms with Crippen LogP contribution in [0.15, 0.2) is 29.2 Å². The zero-order valence-electron chi connectivity index (χ0n) is 7.11. The highest BCUT2D eigenvalue weighted by Gasteiger charge is 2.05. The predicted molar refractivity (Wildman–Crippen MR) is 47.4 cm³/mol. The third-order valence-corrected chi connectivity index (χ3v) is 2.16. The third-order valence-electron chi connectivity index (χ3n) is 2.16. The van der Waals surface area contributed by atoms with Gasteiger partial charge in [-0.1, -0.05) is 6.07 Å². The van der Waals surface area contributed by atoms with Gasteiger partial charge in [-0.15, -0.1) is 0 Å². The lowest BCUT2D eigenvalue weighted by Gasteiger charge is -1.96. The van der Waals surface area contributed by atoms with Gasteiger partial charge >= 0.3 is 0 Å². The molecule has 2 aromatic heterocycles. The zero-order chi connectivity index (χ0) is 8.72. The van der Waals surface area contributed by atoms with Crippen molar-refractivity contribution in [3.63, 3.8) is 0 Å². The molecule has 2 aromatic rings. The number of aromatic nitrogens is 2. The Kier molecular flexibility index (Phi) is 1.33. The van der Waals surface area contributed by atoms with Gasteiger partial charge in [0.15, 0.2) is 0 Å². The molecule has 2 heterocycles. The lowest BCUT2D eigenvalue weighted by molar-refractivity contribution is 0.680. The molecule has 0 radical (unpaired) electrons. The Bertz CT molecular complexity index is 437. The van der Waals surface area contributed by atoms with Gasteiger partial charge in [-0.2, -0.15) is 0 Å². The van der Waals surface area contributed by atoms with E-state index in [2.05, 4.69) is 0 Å². The van der Waals surface area contributed by atoms with Gasteiger partial charge in [-0.25, -0.2) is 4.68 Å². The largest absolute Gasteiger partial charge is 0.270 e. The molecular formula is C9H10N2O. The van der Waals surface area contributed by atoms with Crippen molar-refractivity contribution in [3.8, 4) is 0 Å². The molecule has 12 heavy (non-hydrogen) atoms. The van der Waals surface area contributed by atoms with E-state index in [0.29, 0.717) is 0 Å². The fourth-order valence-electron chi connectivity index (χ4n) is 1.44. The van der Waals surface area contributed by atoms with Crippen molar-refractivity contribution in [2.45, 2.75) is 6.92 Å². The van der Waals surface area contributed by atoms with Gasteiger partial charge in [0.25, 0.3) is 5.56 Å². The first-order chi connectivity index (χ1) is 5.72. The van der Waals surface area contributed by atoms with Crippen LogP contribution in [0.1, 0.15) is 5.56 Å². The molecule has 0 amide bonds. The van der Waals surface area contributed by atoms with Crippen LogP contribution in [0.25, 0.3) is 5.52 Å². The van der Waals surface area contributed by atoms with Crippen LogP contribution in [0.4, 0.5) is 0 Å². The topological polar surface area (TPSA) is 26.4 Å². The Morgan fingerprint density at radius 1 is 1.33 bits per heavy atom. The predicted octanol–water partition coefficient (Wildman–Crippen LogP) is 0.946. The molecule has 0 bridgehead atoms. The maximum atomic E-state index is 11.4. The van der Waals surface area contributed by atoms with Crippen LogP contribution in [-0.4, -0.2) is 9.20 Å². The molecule has 0 saturated carbocycles. The van der Waals surface area contributed by atoms with E-state index in [-0.39, 0.29) is 5.56 Å². The van der Waals surface area contributed by atoms with Crippen LogP contribution in [-0.2, 0) is 7.05 Å². The van der Waals surface area contributed by atoms with E-state index in [9.17, 15) is 4.79 Å². The monoisotopic (exact) mass is 162 g/mol. The lowest BCUT2D eigenvalue weighted by Crippen LogP contribution is -2.15. The van der Waals surface area contributed by atoms with Gasteiger partial charge in [0.2, 0.25) is 0 Å². The number of pyridine rings is 1. The molecule has 0 unspecified atom stereocenters. The number of fused-ring (bicyclic) bond motifs is 1. The first-order valence-electron chi connectivity index (χ1n) is 3.85. The summed E-state index contributed by atoms with van der Waals surface area (Å²) >= 11 is 0. The summed E-state index contributed by atoms with van der Waals surface area (Å²) in [6.45, 7) is 1.84. The summed E-state index contributed by atoms with van der Waals surface area (Å²) < 4.78 is 3.45. The Labute approximate surface area is 69.8 Å². The minimum Gasteiger partial charge on any atom is -0.267 e. The summed E-state index contributed by atoms with van der Waals surface area (Å²) in [5.74, 6) is 0. The lowest BCUT2D eigenvalue weighted by atomic mass is 10.3. The molecule has 2 rings (SSSR count). The van der Waals surface area contributed by atoms with Crippen molar-refractivity contribution in [3.05, 3.63) is 40.3 Å². The number of nitrogens with zero attached hydrogens (tertiary/aromatic N) is 2. The van der Waals surface area contributed by atoms with Crippen LogP contribution in [0.2, 0.25) is 0 Å². The highest BCUT2D eigenvalue weighted by atomic mass is 16.1. The van der Waals surface area contributed by atoms with Crippen molar-refractivity contribution in [2.75, 3.05) is 0 Å². The molecule has 0 atom stereocenters. The van der Waals surface area contributed by atoms with Crippen molar-refractivity contribution >= 4 is 5.52 Å². The van der Waals surface area contributed by atoms with Gasteiger partial charge in [0, 0.05) is 18.8 Å². The minimum atomic E-state index is 0.0706. The number of rotatable bonds is 0. The average Bonchev–Trinajstić information content (AvgIpc) is 2.33. The van der Waals surface area contributed by atoms with Crippen LogP contribution in [0, 0.1) is 6.92 Å². The molecule has 0 aliphatic heterocycles.